The van der Waals surface area contributed by atoms with Crippen molar-refractivity contribution in [1.82, 2.24) is 4.90 Å². The second-order valence-electron chi connectivity index (χ2n) is 2.85. The first kappa shape index (κ1) is 11.2. The molecule has 12 heavy (non-hydrogen) atoms. The van der Waals surface area contributed by atoms with Gasteiger partial charge in [0.2, 0.25) is 5.91 Å². The quantitative estimate of drug-likeness (QED) is 0.615. The molecule has 0 aromatic heterocycles. The van der Waals surface area contributed by atoms with E-state index in [1.807, 2.05) is 6.92 Å². The maximum atomic E-state index is 11.5. The third-order valence-corrected chi connectivity index (χ3v) is 1.91. The molecular formula is C9H18N2O. The average Bonchev–Trinajstić information content (AvgIpc) is 2.07. The molecule has 0 aromatic carbocycles. The van der Waals surface area contributed by atoms with E-state index in [2.05, 4.69) is 6.58 Å². The average molecular weight is 170 g/mol. The van der Waals surface area contributed by atoms with Gasteiger partial charge in [-0.05, 0) is 6.42 Å². The van der Waals surface area contributed by atoms with Gasteiger partial charge in [-0.2, -0.15) is 0 Å². The molecule has 0 saturated heterocycles. The predicted molar refractivity (Wildman–Crippen MR) is 50.7 cm³/mol. The minimum absolute atomic E-state index is 0.0325. The van der Waals surface area contributed by atoms with Crippen LogP contribution in [0, 0.1) is 5.92 Å². The van der Waals surface area contributed by atoms with Crippen molar-refractivity contribution >= 4 is 5.91 Å². The van der Waals surface area contributed by atoms with E-state index in [1.165, 1.54) is 0 Å². The predicted octanol–water partition coefficient (Wildman–Crippen LogP) is 0.616. The van der Waals surface area contributed by atoms with E-state index in [0.29, 0.717) is 13.1 Å². The van der Waals surface area contributed by atoms with Crippen LogP contribution in [0.3, 0.4) is 0 Å². The highest BCUT2D eigenvalue weighted by atomic mass is 16.2. The van der Waals surface area contributed by atoms with Crippen molar-refractivity contribution < 1.29 is 4.79 Å². The van der Waals surface area contributed by atoms with E-state index >= 15 is 0 Å². The van der Waals surface area contributed by atoms with Crippen LogP contribution in [0.15, 0.2) is 12.7 Å². The molecule has 1 atom stereocenters. The Morgan fingerprint density at radius 2 is 2.33 bits per heavy atom. The summed E-state index contributed by atoms with van der Waals surface area (Å²) in [6, 6.07) is 0. The van der Waals surface area contributed by atoms with E-state index in [0.717, 1.165) is 6.42 Å². The second kappa shape index (κ2) is 5.77. The zero-order chi connectivity index (χ0) is 9.56. The van der Waals surface area contributed by atoms with Gasteiger partial charge in [-0.3, -0.25) is 4.79 Å². The highest BCUT2D eigenvalue weighted by Crippen LogP contribution is 2.04. The van der Waals surface area contributed by atoms with Crippen molar-refractivity contribution in [1.29, 1.82) is 0 Å². The van der Waals surface area contributed by atoms with Crippen molar-refractivity contribution in [2.45, 2.75) is 13.3 Å². The maximum absolute atomic E-state index is 11.5. The fraction of sp³-hybridized carbons (Fsp3) is 0.667. The number of likely N-dealkylation sites (N-methyl/N-ethyl adjacent to an activating group) is 1. The monoisotopic (exact) mass is 170 g/mol. The van der Waals surface area contributed by atoms with Crippen LogP contribution in [0.4, 0.5) is 0 Å². The molecule has 3 heteroatoms. The lowest BCUT2D eigenvalue weighted by Crippen LogP contribution is -2.36. The number of rotatable bonds is 5. The molecule has 0 aliphatic rings. The number of carbonyl (C=O) groups excluding carboxylic acids is 1. The molecule has 70 valence electrons. The number of hydrogen-bond donors (Lipinski definition) is 1. The van der Waals surface area contributed by atoms with Crippen LogP contribution in [-0.2, 0) is 4.79 Å². The number of carbonyl (C=O) groups is 1. The van der Waals surface area contributed by atoms with Crippen molar-refractivity contribution in [2.24, 2.45) is 11.7 Å². The molecule has 0 heterocycles. The molecule has 0 rings (SSSR count). The summed E-state index contributed by atoms with van der Waals surface area (Å²) in [5.41, 5.74) is 5.44. The minimum Gasteiger partial charge on any atom is -0.342 e. The summed E-state index contributed by atoms with van der Waals surface area (Å²) < 4.78 is 0. The van der Waals surface area contributed by atoms with Crippen molar-refractivity contribution in [2.75, 3.05) is 20.1 Å². The third kappa shape index (κ3) is 3.05. The molecule has 0 aliphatic carbocycles. The van der Waals surface area contributed by atoms with E-state index in [-0.39, 0.29) is 11.8 Å². The molecule has 0 saturated carbocycles. The Morgan fingerprint density at radius 1 is 1.75 bits per heavy atom. The van der Waals surface area contributed by atoms with Gasteiger partial charge in [-0.15, -0.1) is 6.58 Å². The lowest BCUT2D eigenvalue weighted by atomic mass is 10.1. The van der Waals surface area contributed by atoms with Gasteiger partial charge in [-0.25, -0.2) is 0 Å². The van der Waals surface area contributed by atoms with Crippen LogP contribution >= 0.6 is 0 Å². The number of hydrogen-bond acceptors (Lipinski definition) is 2. The summed E-state index contributed by atoms with van der Waals surface area (Å²) >= 11 is 0. The number of nitrogens with zero attached hydrogens (tertiary/aromatic N) is 1. The summed E-state index contributed by atoms with van der Waals surface area (Å²) in [5, 5.41) is 0. The van der Waals surface area contributed by atoms with E-state index in [4.69, 9.17) is 5.73 Å². The van der Waals surface area contributed by atoms with Gasteiger partial charge >= 0.3 is 0 Å². The number of amides is 1. The highest BCUT2D eigenvalue weighted by molar-refractivity contribution is 5.78. The molecular weight excluding hydrogens is 152 g/mol. The Labute approximate surface area is 74.2 Å². The first-order chi connectivity index (χ1) is 5.67. The van der Waals surface area contributed by atoms with Crippen molar-refractivity contribution in [3.63, 3.8) is 0 Å². The second-order valence-corrected chi connectivity index (χ2v) is 2.85. The van der Waals surface area contributed by atoms with E-state index in [1.54, 1.807) is 18.0 Å². The Hall–Kier alpha value is -0.830. The summed E-state index contributed by atoms with van der Waals surface area (Å²) in [7, 11) is 1.77. The molecule has 0 aromatic rings. The molecule has 1 amide bonds. The van der Waals surface area contributed by atoms with E-state index in [9.17, 15) is 4.79 Å². The molecule has 1 unspecified atom stereocenters. The van der Waals surface area contributed by atoms with Gasteiger partial charge in [0.15, 0.2) is 0 Å². The molecule has 3 nitrogen and oxygen atoms in total. The van der Waals surface area contributed by atoms with E-state index < -0.39 is 0 Å². The summed E-state index contributed by atoms with van der Waals surface area (Å²) in [6.45, 7) is 6.56. The number of nitrogens with two attached hydrogens (primary N) is 1. The molecule has 0 bridgehead atoms. The topological polar surface area (TPSA) is 46.3 Å². The maximum Gasteiger partial charge on any atom is 0.226 e. The van der Waals surface area contributed by atoms with Gasteiger partial charge in [0, 0.05) is 20.1 Å². The van der Waals surface area contributed by atoms with Gasteiger partial charge in [0.1, 0.15) is 0 Å². The SMILES string of the molecule is C=CCN(C)C(=O)C(CC)CN. The zero-order valence-electron chi connectivity index (χ0n) is 7.92. The molecule has 0 fully saturated rings. The minimum atomic E-state index is -0.0325. The van der Waals surface area contributed by atoms with Crippen molar-refractivity contribution in [3.05, 3.63) is 12.7 Å². The zero-order valence-corrected chi connectivity index (χ0v) is 7.92. The third-order valence-electron chi connectivity index (χ3n) is 1.91. The van der Waals surface area contributed by atoms with Gasteiger partial charge < -0.3 is 10.6 Å². The Bertz CT molecular complexity index is 153. The lowest BCUT2D eigenvalue weighted by Gasteiger charge is -2.20. The molecule has 0 radical (unpaired) electrons. The highest BCUT2D eigenvalue weighted by Gasteiger charge is 2.17. The van der Waals surface area contributed by atoms with Crippen LogP contribution in [-0.4, -0.2) is 30.9 Å². The molecule has 2 N–H and O–H groups in total. The normalized spacial score (nSPS) is 12.2. The molecule has 0 aliphatic heterocycles. The van der Waals surface area contributed by atoms with Crippen LogP contribution in [0.2, 0.25) is 0 Å². The Balaban J connectivity index is 4.05. The Kier molecular flexibility index (Phi) is 5.37. The van der Waals surface area contributed by atoms with Gasteiger partial charge in [-0.1, -0.05) is 13.0 Å². The first-order valence-electron chi connectivity index (χ1n) is 4.23. The fourth-order valence-corrected chi connectivity index (χ4v) is 1.04. The van der Waals surface area contributed by atoms with Crippen LogP contribution < -0.4 is 5.73 Å². The van der Waals surface area contributed by atoms with Gasteiger partial charge in [0.05, 0.1) is 5.92 Å². The summed E-state index contributed by atoms with van der Waals surface area (Å²) in [6.07, 6.45) is 2.51. The first-order valence-corrected chi connectivity index (χ1v) is 4.23. The lowest BCUT2D eigenvalue weighted by molar-refractivity contribution is -0.133. The summed E-state index contributed by atoms with van der Waals surface area (Å²) in [5.74, 6) is 0.0786. The van der Waals surface area contributed by atoms with Crippen LogP contribution in [0.5, 0.6) is 0 Å². The fourth-order valence-electron chi connectivity index (χ4n) is 1.04. The molecule has 0 spiro atoms. The van der Waals surface area contributed by atoms with Crippen LogP contribution in [0.1, 0.15) is 13.3 Å². The largest absolute Gasteiger partial charge is 0.342 e. The standard InChI is InChI=1S/C9H18N2O/c1-4-6-11(3)9(12)8(5-2)7-10/h4,8H,1,5-7,10H2,2-3H3. The van der Waals surface area contributed by atoms with Crippen molar-refractivity contribution in [3.8, 4) is 0 Å². The summed E-state index contributed by atoms with van der Waals surface area (Å²) in [4.78, 5) is 13.1. The smallest absolute Gasteiger partial charge is 0.226 e. The Morgan fingerprint density at radius 3 is 2.67 bits per heavy atom. The van der Waals surface area contributed by atoms with Crippen LogP contribution in [0.25, 0.3) is 0 Å². The van der Waals surface area contributed by atoms with Gasteiger partial charge in [0.25, 0.3) is 0 Å².